The first kappa shape index (κ1) is 16.9. The maximum atomic E-state index is 11.7. The van der Waals surface area contributed by atoms with Gasteiger partial charge in [-0.1, -0.05) is 34.1 Å². The fourth-order valence-electron chi connectivity index (χ4n) is 1.29. The van der Waals surface area contributed by atoms with E-state index in [0.717, 1.165) is 6.42 Å². The minimum atomic E-state index is -0.592. The zero-order chi connectivity index (χ0) is 14.3. The van der Waals surface area contributed by atoms with Crippen LogP contribution in [-0.4, -0.2) is 35.6 Å². The quantitative estimate of drug-likeness (QED) is 0.660. The molecule has 0 aromatic heterocycles. The van der Waals surface area contributed by atoms with Gasteiger partial charge in [-0.15, -0.1) is 0 Å². The lowest BCUT2D eigenvalue weighted by atomic mass is 9.95. The average molecular weight is 258 g/mol. The Hall–Kier alpha value is -1.10. The van der Waals surface area contributed by atoms with Crippen molar-refractivity contribution in [3.8, 4) is 0 Å². The first-order valence-electron chi connectivity index (χ1n) is 6.45. The van der Waals surface area contributed by atoms with Crippen LogP contribution in [0.25, 0.3) is 0 Å². The molecule has 0 aromatic carbocycles. The molecule has 0 aliphatic carbocycles. The van der Waals surface area contributed by atoms with Gasteiger partial charge in [0.2, 0.25) is 11.8 Å². The summed E-state index contributed by atoms with van der Waals surface area (Å²) in [6.07, 6.45) is 1.00. The van der Waals surface area contributed by atoms with Crippen molar-refractivity contribution < 1.29 is 14.7 Å². The van der Waals surface area contributed by atoms with Crippen molar-refractivity contribution in [2.24, 2.45) is 5.41 Å². The molecule has 0 fully saturated rings. The monoisotopic (exact) mass is 258 g/mol. The number of aliphatic hydroxyl groups excluding tert-OH is 1. The summed E-state index contributed by atoms with van der Waals surface area (Å²) in [5, 5.41) is 14.8. The van der Waals surface area contributed by atoms with Crippen LogP contribution in [0.3, 0.4) is 0 Å². The molecular weight excluding hydrogens is 232 g/mol. The number of carbonyl (C=O) groups is 2. The van der Waals surface area contributed by atoms with E-state index < -0.39 is 17.6 Å². The van der Waals surface area contributed by atoms with Crippen LogP contribution < -0.4 is 10.6 Å². The van der Waals surface area contributed by atoms with Crippen molar-refractivity contribution in [2.75, 3.05) is 6.54 Å². The van der Waals surface area contributed by atoms with E-state index in [9.17, 15) is 14.7 Å². The van der Waals surface area contributed by atoms with E-state index in [1.165, 1.54) is 0 Å². The van der Waals surface area contributed by atoms with Crippen molar-refractivity contribution in [3.05, 3.63) is 0 Å². The molecular formula is C13H26N2O3. The Bertz CT molecular complexity index is 284. The number of nitrogens with one attached hydrogen (secondary N) is 2. The van der Waals surface area contributed by atoms with Crippen molar-refractivity contribution in [3.63, 3.8) is 0 Å². The summed E-state index contributed by atoms with van der Waals surface area (Å²) in [6, 6.07) is -0.592. The van der Waals surface area contributed by atoms with Crippen molar-refractivity contribution in [1.82, 2.24) is 10.6 Å². The second-order valence-electron chi connectivity index (χ2n) is 5.63. The molecule has 3 N–H and O–H groups in total. The van der Waals surface area contributed by atoms with E-state index in [4.69, 9.17) is 0 Å². The van der Waals surface area contributed by atoms with Crippen molar-refractivity contribution >= 4 is 11.8 Å². The molecule has 106 valence electrons. The molecule has 0 radical (unpaired) electrons. The Balaban J connectivity index is 4.08. The van der Waals surface area contributed by atoms with Gasteiger partial charge in [-0.05, 0) is 13.3 Å². The summed E-state index contributed by atoms with van der Waals surface area (Å²) in [4.78, 5) is 23.4. The van der Waals surface area contributed by atoms with Crippen LogP contribution in [0.2, 0.25) is 0 Å². The molecule has 0 spiro atoms. The third kappa shape index (κ3) is 6.59. The van der Waals surface area contributed by atoms with Gasteiger partial charge in [0, 0.05) is 12.0 Å². The second kappa shape index (κ2) is 7.36. The Morgan fingerprint density at radius 3 is 2.28 bits per heavy atom. The molecule has 0 aliphatic heterocycles. The van der Waals surface area contributed by atoms with Crippen LogP contribution in [0.5, 0.6) is 0 Å². The number of hydrogen-bond acceptors (Lipinski definition) is 3. The number of rotatable bonds is 6. The van der Waals surface area contributed by atoms with Crippen molar-refractivity contribution in [1.29, 1.82) is 0 Å². The maximum absolute atomic E-state index is 11.7. The molecule has 0 aromatic rings. The van der Waals surface area contributed by atoms with Gasteiger partial charge in [0.05, 0.1) is 6.10 Å². The maximum Gasteiger partial charge on any atom is 0.242 e. The van der Waals surface area contributed by atoms with Crippen LogP contribution in [0.1, 0.15) is 47.5 Å². The largest absolute Gasteiger partial charge is 0.391 e. The summed E-state index contributed by atoms with van der Waals surface area (Å²) in [7, 11) is 0. The minimum Gasteiger partial charge on any atom is -0.391 e. The van der Waals surface area contributed by atoms with E-state index >= 15 is 0 Å². The van der Waals surface area contributed by atoms with Crippen LogP contribution in [0.4, 0.5) is 0 Å². The molecule has 0 saturated carbocycles. The SMILES string of the molecule is CCCC(O)CNC(=O)C(C)NC(=O)C(C)(C)C. The van der Waals surface area contributed by atoms with Gasteiger partial charge < -0.3 is 15.7 Å². The lowest BCUT2D eigenvalue weighted by molar-refractivity contribution is -0.133. The Labute approximate surface area is 109 Å². The van der Waals surface area contributed by atoms with E-state index in [2.05, 4.69) is 10.6 Å². The molecule has 2 unspecified atom stereocenters. The summed E-state index contributed by atoms with van der Waals surface area (Å²) < 4.78 is 0. The molecule has 0 aliphatic rings. The highest BCUT2D eigenvalue weighted by Crippen LogP contribution is 2.12. The van der Waals surface area contributed by atoms with Crippen molar-refractivity contribution in [2.45, 2.75) is 59.6 Å². The third-order valence-corrected chi connectivity index (χ3v) is 2.56. The Morgan fingerprint density at radius 2 is 1.83 bits per heavy atom. The smallest absolute Gasteiger partial charge is 0.242 e. The normalized spacial score (nSPS) is 14.8. The van der Waals surface area contributed by atoms with Gasteiger partial charge in [-0.2, -0.15) is 0 Å². The molecule has 5 nitrogen and oxygen atoms in total. The lowest BCUT2D eigenvalue weighted by Crippen LogP contribution is -2.49. The molecule has 0 heterocycles. The van der Waals surface area contributed by atoms with Crippen LogP contribution in [-0.2, 0) is 9.59 Å². The highest BCUT2D eigenvalue weighted by molar-refractivity contribution is 5.89. The highest BCUT2D eigenvalue weighted by atomic mass is 16.3. The number of hydrogen-bond donors (Lipinski definition) is 3. The minimum absolute atomic E-state index is 0.167. The topological polar surface area (TPSA) is 78.4 Å². The van der Waals surface area contributed by atoms with E-state index in [0.29, 0.717) is 6.42 Å². The summed E-state index contributed by atoms with van der Waals surface area (Å²) in [6.45, 7) is 9.19. The molecule has 0 rings (SSSR count). The lowest BCUT2D eigenvalue weighted by Gasteiger charge is -2.21. The highest BCUT2D eigenvalue weighted by Gasteiger charge is 2.25. The molecule has 2 amide bonds. The van der Waals surface area contributed by atoms with Crippen LogP contribution >= 0.6 is 0 Å². The predicted molar refractivity (Wildman–Crippen MR) is 71.0 cm³/mol. The molecule has 0 saturated heterocycles. The molecule has 2 atom stereocenters. The van der Waals surface area contributed by atoms with Gasteiger partial charge in [0.25, 0.3) is 0 Å². The van der Waals surface area contributed by atoms with Crippen LogP contribution in [0, 0.1) is 5.41 Å². The second-order valence-corrected chi connectivity index (χ2v) is 5.63. The van der Waals surface area contributed by atoms with Gasteiger partial charge in [-0.3, -0.25) is 9.59 Å². The summed E-state index contributed by atoms with van der Waals surface area (Å²) in [5.74, 6) is -0.443. The van der Waals surface area contributed by atoms with Gasteiger partial charge in [0.1, 0.15) is 6.04 Å². The first-order valence-corrected chi connectivity index (χ1v) is 6.45. The van der Waals surface area contributed by atoms with E-state index in [1.54, 1.807) is 27.7 Å². The van der Waals surface area contributed by atoms with Gasteiger partial charge in [-0.25, -0.2) is 0 Å². The standard InChI is InChI=1S/C13H26N2O3/c1-6-7-10(16)8-14-11(17)9(2)15-12(18)13(3,4)5/h9-10,16H,6-8H2,1-5H3,(H,14,17)(H,15,18). The number of amides is 2. The molecule has 18 heavy (non-hydrogen) atoms. The number of carbonyl (C=O) groups excluding carboxylic acids is 2. The Kier molecular flexibility index (Phi) is 6.91. The first-order chi connectivity index (χ1) is 8.18. The number of aliphatic hydroxyl groups is 1. The molecule has 0 bridgehead atoms. The zero-order valence-electron chi connectivity index (χ0n) is 12.0. The van der Waals surface area contributed by atoms with Gasteiger partial charge in [0.15, 0.2) is 0 Å². The fourth-order valence-corrected chi connectivity index (χ4v) is 1.29. The summed E-state index contributed by atoms with van der Waals surface area (Å²) >= 11 is 0. The molecule has 5 heteroatoms. The van der Waals surface area contributed by atoms with E-state index in [1.807, 2.05) is 6.92 Å². The van der Waals surface area contributed by atoms with E-state index in [-0.39, 0.29) is 18.4 Å². The third-order valence-electron chi connectivity index (χ3n) is 2.56. The fraction of sp³-hybridized carbons (Fsp3) is 0.846. The average Bonchev–Trinajstić information content (AvgIpc) is 2.24. The van der Waals surface area contributed by atoms with Gasteiger partial charge >= 0.3 is 0 Å². The summed E-state index contributed by atoms with van der Waals surface area (Å²) in [5.41, 5.74) is -0.518. The van der Waals surface area contributed by atoms with Crippen LogP contribution in [0.15, 0.2) is 0 Å². The Morgan fingerprint density at radius 1 is 1.28 bits per heavy atom. The predicted octanol–water partition coefficient (Wildman–Crippen LogP) is 0.814. The zero-order valence-corrected chi connectivity index (χ0v) is 12.0.